The monoisotopic (exact) mass is 354 g/mol. The summed E-state index contributed by atoms with van der Waals surface area (Å²) in [6.45, 7) is 3.87. The van der Waals surface area contributed by atoms with Gasteiger partial charge in [-0.05, 0) is 37.4 Å². The van der Waals surface area contributed by atoms with Gasteiger partial charge in [0.15, 0.2) is 5.76 Å². The lowest BCUT2D eigenvalue weighted by atomic mass is 10.2. The second-order valence-electron chi connectivity index (χ2n) is 5.38. The number of hydrogen-bond donors (Lipinski definition) is 0. The molecular formula is C16H16Cl2N2OS. The molecule has 0 radical (unpaired) electrons. The number of rotatable bonds is 2. The fourth-order valence-corrected chi connectivity index (χ4v) is 3.25. The molecule has 2 heterocycles. The highest BCUT2D eigenvalue weighted by atomic mass is 35.5. The second kappa shape index (κ2) is 6.59. The van der Waals surface area contributed by atoms with Gasteiger partial charge < -0.3 is 14.2 Å². The minimum absolute atomic E-state index is 0.568. The number of furan rings is 1. The topological polar surface area (TPSA) is 19.6 Å². The molecular weight excluding hydrogens is 339 g/mol. The molecule has 1 saturated heterocycles. The first-order chi connectivity index (χ1) is 10.5. The van der Waals surface area contributed by atoms with E-state index in [1.807, 2.05) is 18.2 Å². The van der Waals surface area contributed by atoms with E-state index in [2.05, 4.69) is 16.8 Å². The zero-order chi connectivity index (χ0) is 15.7. The van der Waals surface area contributed by atoms with Crippen molar-refractivity contribution < 1.29 is 4.42 Å². The largest absolute Gasteiger partial charge is 0.454 e. The molecule has 1 aliphatic heterocycles. The Morgan fingerprint density at radius 3 is 2.50 bits per heavy atom. The van der Waals surface area contributed by atoms with Crippen molar-refractivity contribution in [3.8, 4) is 11.3 Å². The molecule has 6 heteroatoms. The van der Waals surface area contributed by atoms with Crippen LogP contribution in [-0.4, -0.2) is 48.0 Å². The molecule has 0 N–H and O–H groups in total. The number of nitrogens with zero attached hydrogens (tertiary/aromatic N) is 2. The molecule has 0 unspecified atom stereocenters. The summed E-state index contributed by atoms with van der Waals surface area (Å²) in [5, 5.41) is 1.17. The van der Waals surface area contributed by atoms with Crippen LogP contribution in [-0.2, 0) is 0 Å². The Balaban J connectivity index is 1.80. The zero-order valence-electron chi connectivity index (χ0n) is 12.2. The van der Waals surface area contributed by atoms with Gasteiger partial charge in [-0.3, -0.25) is 0 Å². The van der Waals surface area contributed by atoms with Gasteiger partial charge in [-0.25, -0.2) is 0 Å². The fourth-order valence-electron chi connectivity index (χ4n) is 2.45. The number of piperazine rings is 1. The number of benzene rings is 1. The summed E-state index contributed by atoms with van der Waals surface area (Å²) in [6.07, 6.45) is 0. The van der Waals surface area contributed by atoms with Crippen LogP contribution in [0.25, 0.3) is 11.3 Å². The zero-order valence-corrected chi connectivity index (χ0v) is 14.5. The number of likely N-dealkylation sites (N-methyl/N-ethyl adjacent to an activating group) is 1. The number of hydrogen-bond acceptors (Lipinski definition) is 3. The first kappa shape index (κ1) is 15.8. The van der Waals surface area contributed by atoms with Crippen molar-refractivity contribution in [2.45, 2.75) is 0 Å². The predicted octanol–water partition coefficient (Wildman–Crippen LogP) is 4.18. The lowest BCUT2D eigenvalue weighted by Gasteiger charge is -2.33. The van der Waals surface area contributed by atoms with Crippen molar-refractivity contribution in [3.05, 3.63) is 46.1 Å². The van der Waals surface area contributed by atoms with Crippen LogP contribution in [0.1, 0.15) is 5.76 Å². The van der Waals surface area contributed by atoms with Crippen molar-refractivity contribution in [2.75, 3.05) is 33.2 Å². The molecule has 0 spiro atoms. The van der Waals surface area contributed by atoms with E-state index in [0.29, 0.717) is 21.6 Å². The summed E-state index contributed by atoms with van der Waals surface area (Å²) in [5.41, 5.74) is 0.818. The molecule has 0 aliphatic carbocycles. The average Bonchev–Trinajstić information content (AvgIpc) is 2.97. The van der Waals surface area contributed by atoms with Gasteiger partial charge in [0, 0.05) is 36.8 Å². The van der Waals surface area contributed by atoms with Crippen LogP contribution >= 0.6 is 35.4 Å². The maximum Gasteiger partial charge on any atom is 0.162 e. The molecule has 3 rings (SSSR count). The van der Waals surface area contributed by atoms with Crippen molar-refractivity contribution >= 4 is 40.4 Å². The molecule has 0 amide bonds. The Morgan fingerprint density at radius 2 is 1.82 bits per heavy atom. The Morgan fingerprint density at radius 1 is 1.09 bits per heavy atom. The lowest BCUT2D eigenvalue weighted by molar-refractivity contribution is 0.216. The molecule has 0 bridgehead atoms. The second-order valence-corrected chi connectivity index (χ2v) is 6.61. The Labute approximate surface area is 145 Å². The van der Waals surface area contributed by atoms with E-state index in [1.54, 1.807) is 12.1 Å². The van der Waals surface area contributed by atoms with Crippen LogP contribution in [0.2, 0.25) is 10.0 Å². The van der Waals surface area contributed by atoms with Gasteiger partial charge in [0.1, 0.15) is 10.7 Å². The van der Waals surface area contributed by atoms with Crippen LogP contribution in [0.3, 0.4) is 0 Å². The van der Waals surface area contributed by atoms with Gasteiger partial charge in [-0.15, -0.1) is 0 Å². The van der Waals surface area contributed by atoms with Gasteiger partial charge in [-0.1, -0.05) is 35.4 Å². The van der Waals surface area contributed by atoms with E-state index in [-0.39, 0.29) is 0 Å². The summed E-state index contributed by atoms with van der Waals surface area (Å²) in [6, 6.07) is 9.16. The summed E-state index contributed by atoms with van der Waals surface area (Å²) >= 11 is 17.7. The molecule has 1 aromatic carbocycles. The van der Waals surface area contributed by atoms with Gasteiger partial charge in [-0.2, -0.15) is 0 Å². The van der Waals surface area contributed by atoms with E-state index < -0.39 is 0 Å². The first-order valence-electron chi connectivity index (χ1n) is 7.07. The Kier molecular flexibility index (Phi) is 4.73. The minimum atomic E-state index is 0.568. The van der Waals surface area contributed by atoms with E-state index >= 15 is 0 Å². The fraction of sp³-hybridized carbons (Fsp3) is 0.312. The highest BCUT2D eigenvalue weighted by molar-refractivity contribution is 7.80. The molecule has 0 saturated carbocycles. The van der Waals surface area contributed by atoms with Crippen LogP contribution in [0, 0.1) is 0 Å². The summed E-state index contributed by atoms with van der Waals surface area (Å²) in [5.74, 6) is 1.41. The van der Waals surface area contributed by atoms with Gasteiger partial charge in [0.25, 0.3) is 0 Å². The summed E-state index contributed by atoms with van der Waals surface area (Å²) in [7, 11) is 2.12. The first-order valence-corrected chi connectivity index (χ1v) is 8.24. The van der Waals surface area contributed by atoms with Crippen LogP contribution in [0.4, 0.5) is 0 Å². The molecule has 1 aliphatic rings. The van der Waals surface area contributed by atoms with E-state index in [1.165, 1.54) is 0 Å². The highest BCUT2D eigenvalue weighted by Crippen LogP contribution is 2.31. The Bertz CT molecular complexity index is 693. The van der Waals surface area contributed by atoms with Gasteiger partial charge in [0.2, 0.25) is 0 Å². The Hall–Kier alpha value is -1.07. The van der Waals surface area contributed by atoms with Gasteiger partial charge >= 0.3 is 0 Å². The number of thiocarbonyl (C=S) groups is 1. The predicted molar refractivity (Wildman–Crippen MR) is 94.9 cm³/mol. The maximum absolute atomic E-state index is 6.22. The highest BCUT2D eigenvalue weighted by Gasteiger charge is 2.20. The molecule has 1 aromatic heterocycles. The third-order valence-electron chi connectivity index (χ3n) is 3.80. The molecule has 1 fully saturated rings. The van der Waals surface area contributed by atoms with E-state index in [4.69, 9.17) is 39.8 Å². The lowest BCUT2D eigenvalue weighted by Crippen LogP contribution is -2.46. The van der Waals surface area contributed by atoms with Crippen molar-refractivity contribution in [1.82, 2.24) is 9.80 Å². The van der Waals surface area contributed by atoms with E-state index in [9.17, 15) is 0 Å². The molecule has 3 nitrogen and oxygen atoms in total. The SMILES string of the molecule is CN1CCN(C(=S)c2ccc(-c3ccc(Cl)cc3Cl)o2)CC1. The standard InChI is InChI=1S/C16H16Cl2N2OS/c1-19-6-8-20(9-7-19)16(22)15-5-4-14(21-15)12-3-2-11(17)10-13(12)18/h2-5,10H,6-9H2,1H3. The van der Waals surface area contributed by atoms with Crippen molar-refractivity contribution in [1.29, 1.82) is 0 Å². The van der Waals surface area contributed by atoms with Crippen LogP contribution < -0.4 is 0 Å². The summed E-state index contributed by atoms with van der Waals surface area (Å²) in [4.78, 5) is 5.23. The average molecular weight is 355 g/mol. The van der Waals surface area contributed by atoms with Crippen molar-refractivity contribution in [2.24, 2.45) is 0 Å². The summed E-state index contributed by atoms with van der Waals surface area (Å²) < 4.78 is 5.91. The van der Waals surface area contributed by atoms with Gasteiger partial charge in [0.05, 0.1) is 5.02 Å². The minimum Gasteiger partial charge on any atom is -0.454 e. The molecule has 116 valence electrons. The third kappa shape index (κ3) is 3.30. The van der Waals surface area contributed by atoms with Crippen molar-refractivity contribution in [3.63, 3.8) is 0 Å². The third-order valence-corrected chi connectivity index (χ3v) is 4.81. The number of halogens is 2. The molecule has 0 atom stereocenters. The molecule has 2 aromatic rings. The van der Waals surface area contributed by atoms with Crippen LogP contribution in [0.5, 0.6) is 0 Å². The molecule has 22 heavy (non-hydrogen) atoms. The normalized spacial score (nSPS) is 16.0. The van der Waals surface area contributed by atoms with E-state index in [0.717, 1.165) is 36.7 Å². The quantitative estimate of drug-likeness (QED) is 0.753. The maximum atomic E-state index is 6.22. The van der Waals surface area contributed by atoms with Crippen LogP contribution in [0.15, 0.2) is 34.7 Å². The smallest absolute Gasteiger partial charge is 0.162 e.